The Morgan fingerprint density at radius 3 is 2.36 bits per heavy atom. The number of methoxy groups -OCH3 is 2. The molecule has 0 fully saturated rings. The number of benzene rings is 3. The van der Waals surface area contributed by atoms with Crippen LogP contribution in [0.5, 0.6) is 40.2 Å². The fourth-order valence-electron chi connectivity index (χ4n) is 3.62. The lowest BCUT2D eigenvalue weighted by atomic mass is 9.92. The monoisotopic (exact) mass is 454 g/mol. The number of aromatic hydroxyl groups is 3. The number of hydrogen-bond donors (Lipinski definition) is 4. The second-order valence-electron chi connectivity index (χ2n) is 7.39. The van der Waals surface area contributed by atoms with E-state index in [0.717, 1.165) is 11.6 Å². The Balaban J connectivity index is 1.63. The van der Waals surface area contributed by atoms with E-state index in [1.165, 1.54) is 26.4 Å². The van der Waals surface area contributed by atoms with E-state index in [-0.39, 0.29) is 29.4 Å². The van der Waals surface area contributed by atoms with E-state index < -0.39 is 23.7 Å². The van der Waals surface area contributed by atoms with Crippen molar-refractivity contribution >= 4 is 5.78 Å². The molecule has 1 aliphatic heterocycles. The summed E-state index contributed by atoms with van der Waals surface area (Å²) in [6, 6.07) is 11.8. The predicted octanol–water partition coefficient (Wildman–Crippen LogP) is 3.08. The van der Waals surface area contributed by atoms with Crippen molar-refractivity contribution in [3.8, 4) is 40.2 Å². The van der Waals surface area contributed by atoms with Crippen molar-refractivity contribution < 1.29 is 44.2 Å². The number of aliphatic hydroxyl groups excluding tert-OH is 1. The van der Waals surface area contributed by atoms with Gasteiger partial charge < -0.3 is 39.4 Å². The molecule has 3 aromatic rings. The number of carbonyl (C=O) groups excluding carboxylic acids is 1. The summed E-state index contributed by atoms with van der Waals surface area (Å²) in [5.41, 5.74) is 0.951. The third-order valence-corrected chi connectivity index (χ3v) is 5.28. The lowest BCUT2D eigenvalue weighted by Crippen LogP contribution is -2.36. The number of aliphatic hydroxyl groups is 1. The number of phenolic OH excluding ortho intramolecular Hbond substituents is 3. The van der Waals surface area contributed by atoms with E-state index in [0.29, 0.717) is 22.8 Å². The molecule has 3 aromatic carbocycles. The fourth-order valence-corrected chi connectivity index (χ4v) is 3.62. The molecule has 0 amide bonds. The zero-order chi connectivity index (χ0) is 23.7. The standard InChI is InChI=1S/C24H22O9/c1-30-17-6-4-13(8-19(17)32-11-12-3-5-15(26)18(7-12)31-2)24-23(29)22(28)21-16(27)9-14(25)10-20(21)33-24/h3-10,23-27,29H,11H2,1-2H3. The highest BCUT2D eigenvalue weighted by Gasteiger charge is 2.39. The summed E-state index contributed by atoms with van der Waals surface area (Å²) in [5, 5.41) is 40.1. The third-order valence-electron chi connectivity index (χ3n) is 5.28. The van der Waals surface area contributed by atoms with E-state index in [1.807, 2.05) is 0 Å². The maximum Gasteiger partial charge on any atom is 0.202 e. The molecule has 9 nitrogen and oxygen atoms in total. The highest BCUT2D eigenvalue weighted by atomic mass is 16.5. The number of fused-ring (bicyclic) bond motifs is 1. The van der Waals surface area contributed by atoms with Gasteiger partial charge in [-0.1, -0.05) is 12.1 Å². The van der Waals surface area contributed by atoms with E-state index >= 15 is 0 Å². The lowest BCUT2D eigenvalue weighted by Gasteiger charge is -2.30. The van der Waals surface area contributed by atoms with Crippen molar-refractivity contribution in [3.63, 3.8) is 0 Å². The molecule has 33 heavy (non-hydrogen) atoms. The van der Waals surface area contributed by atoms with Gasteiger partial charge in [0.2, 0.25) is 5.78 Å². The summed E-state index contributed by atoms with van der Waals surface area (Å²) >= 11 is 0. The molecular formula is C24H22O9. The summed E-state index contributed by atoms with van der Waals surface area (Å²) in [6.07, 6.45) is -2.69. The quantitative estimate of drug-likeness (QED) is 0.443. The zero-order valence-electron chi connectivity index (χ0n) is 17.8. The van der Waals surface area contributed by atoms with Gasteiger partial charge in [0.1, 0.15) is 29.4 Å². The maximum atomic E-state index is 12.7. The van der Waals surface area contributed by atoms with Crippen LogP contribution in [0.3, 0.4) is 0 Å². The van der Waals surface area contributed by atoms with Crippen LogP contribution in [0.1, 0.15) is 27.6 Å². The SMILES string of the molecule is COc1cc(COc2cc(C3Oc4cc(O)cc(O)c4C(=O)C3O)ccc2OC)ccc1O. The molecule has 0 aliphatic carbocycles. The van der Waals surface area contributed by atoms with Gasteiger partial charge in [-0.25, -0.2) is 0 Å². The molecule has 0 saturated carbocycles. The average Bonchev–Trinajstić information content (AvgIpc) is 2.80. The predicted molar refractivity (Wildman–Crippen MR) is 115 cm³/mol. The van der Waals surface area contributed by atoms with Gasteiger partial charge in [-0.3, -0.25) is 4.79 Å². The van der Waals surface area contributed by atoms with E-state index in [4.69, 9.17) is 18.9 Å². The van der Waals surface area contributed by atoms with Gasteiger partial charge in [-0.15, -0.1) is 0 Å². The first kappa shape index (κ1) is 22.1. The van der Waals surface area contributed by atoms with Crippen LogP contribution in [0.15, 0.2) is 48.5 Å². The number of ketones is 1. The van der Waals surface area contributed by atoms with Crippen LogP contribution in [0.4, 0.5) is 0 Å². The summed E-state index contributed by atoms with van der Waals surface area (Å²) in [6.45, 7) is 0.119. The molecule has 4 N–H and O–H groups in total. The Labute approximate surface area is 189 Å². The topological polar surface area (TPSA) is 135 Å². The Hall–Kier alpha value is -4.11. The van der Waals surface area contributed by atoms with Crippen molar-refractivity contribution in [2.24, 2.45) is 0 Å². The normalized spacial score (nSPS) is 17.1. The summed E-state index contributed by atoms with van der Waals surface area (Å²) in [5.74, 6) is -0.472. The Morgan fingerprint density at radius 2 is 1.64 bits per heavy atom. The van der Waals surface area contributed by atoms with Gasteiger partial charge in [0.05, 0.1) is 14.2 Å². The lowest BCUT2D eigenvalue weighted by molar-refractivity contribution is 0.0209. The van der Waals surface area contributed by atoms with Crippen LogP contribution >= 0.6 is 0 Å². The molecule has 1 heterocycles. The molecule has 0 radical (unpaired) electrons. The van der Waals surface area contributed by atoms with E-state index in [2.05, 4.69) is 0 Å². The number of Topliss-reactive ketones (excluding diaryl/α,β-unsaturated/α-hetero) is 1. The zero-order valence-corrected chi connectivity index (χ0v) is 17.8. The first-order valence-electron chi connectivity index (χ1n) is 9.94. The van der Waals surface area contributed by atoms with Gasteiger partial charge >= 0.3 is 0 Å². The van der Waals surface area contributed by atoms with Crippen LogP contribution in [-0.2, 0) is 6.61 Å². The minimum Gasteiger partial charge on any atom is -0.508 e. The summed E-state index contributed by atoms with van der Waals surface area (Å²) in [7, 11) is 2.92. The number of rotatable bonds is 6. The molecule has 4 rings (SSSR count). The average molecular weight is 454 g/mol. The van der Waals surface area contributed by atoms with Crippen LogP contribution in [-0.4, -0.2) is 46.5 Å². The molecule has 2 atom stereocenters. The Morgan fingerprint density at radius 1 is 0.879 bits per heavy atom. The maximum absolute atomic E-state index is 12.7. The van der Waals surface area contributed by atoms with Crippen molar-refractivity contribution in [1.82, 2.24) is 0 Å². The second kappa shape index (κ2) is 8.79. The fraction of sp³-hybridized carbons (Fsp3) is 0.208. The minimum atomic E-state index is -1.59. The molecule has 2 unspecified atom stereocenters. The van der Waals surface area contributed by atoms with E-state index in [9.17, 15) is 25.2 Å². The van der Waals surface area contributed by atoms with Crippen molar-refractivity contribution in [2.45, 2.75) is 18.8 Å². The van der Waals surface area contributed by atoms with Crippen LogP contribution in [0.2, 0.25) is 0 Å². The van der Waals surface area contributed by atoms with Crippen molar-refractivity contribution in [1.29, 1.82) is 0 Å². The molecule has 0 aromatic heterocycles. The number of phenols is 3. The highest BCUT2D eigenvalue weighted by Crippen LogP contribution is 2.43. The molecule has 0 bridgehead atoms. The molecule has 1 aliphatic rings. The molecule has 9 heteroatoms. The van der Waals surface area contributed by atoms with Gasteiger partial charge in [-0.05, 0) is 35.4 Å². The van der Waals surface area contributed by atoms with Crippen LogP contribution < -0.4 is 18.9 Å². The highest BCUT2D eigenvalue weighted by molar-refractivity contribution is 6.05. The van der Waals surface area contributed by atoms with Gasteiger partial charge in [-0.2, -0.15) is 0 Å². The third kappa shape index (κ3) is 4.18. The molecule has 0 spiro atoms. The van der Waals surface area contributed by atoms with Crippen LogP contribution in [0.25, 0.3) is 0 Å². The Bertz CT molecular complexity index is 1200. The van der Waals surface area contributed by atoms with Gasteiger partial charge in [0, 0.05) is 12.1 Å². The van der Waals surface area contributed by atoms with Crippen LogP contribution in [0, 0.1) is 0 Å². The molecule has 0 saturated heterocycles. The molecular weight excluding hydrogens is 432 g/mol. The summed E-state index contributed by atoms with van der Waals surface area (Å²) in [4.78, 5) is 12.7. The molecule has 172 valence electrons. The van der Waals surface area contributed by atoms with Crippen molar-refractivity contribution in [3.05, 3.63) is 65.2 Å². The number of carbonyl (C=O) groups is 1. The van der Waals surface area contributed by atoms with E-state index in [1.54, 1.807) is 30.3 Å². The smallest absolute Gasteiger partial charge is 0.202 e. The minimum absolute atomic E-state index is 0.00582. The number of ether oxygens (including phenoxy) is 4. The number of hydrogen-bond acceptors (Lipinski definition) is 9. The Kier molecular flexibility index (Phi) is 5.89. The van der Waals surface area contributed by atoms with Gasteiger partial charge in [0.25, 0.3) is 0 Å². The first-order chi connectivity index (χ1) is 15.8. The van der Waals surface area contributed by atoms with Crippen molar-refractivity contribution in [2.75, 3.05) is 14.2 Å². The first-order valence-corrected chi connectivity index (χ1v) is 9.94. The largest absolute Gasteiger partial charge is 0.508 e. The van der Waals surface area contributed by atoms with Gasteiger partial charge in [0.15, 0.2) is 35.2 Å². The summed E-state index contributed by atoms with van der Waals surface area (Å²) < 4.78 is 22.1. The second-order valence-corrected chi connectivity index (χ2v) is 7.39.